The van der Waals surface area contributed by atoms with Crippen LogP contribution in [-0.4, -0.2) is 35.1 Å². The van der Waals surface area contributed by atoms with Gasteiger partial charge in [0.05, 0.1) is 36.3 Å². The standard InChI is InChI=1S/C25H23ClN6O3/c1-5-19(33)30-16-8-6-7-13(2)23(16)31-25-29-12-15-9-14(11-28-24(15)32-25)20-21(26)17(34-3)10-18(35-4)22(20)27/h5-12H,1,27H2,2-4H3,(H,30,33)(H,28,29,31,32). The van der Waals surface area contributed by atoms with Crippen molar-refractivity contribution in [3.05, 3.63) is 66.0 Å². The number of ether oxygens (including phenoxy) is 2. The van der Waals surface area contributed by atoms with Crippen LogP contribution >= 0.6 is 11.6 Å². The number of nitrogens with one attached hydrogen (secondary N) is 2. The highest BCUT2D eigenvalue weighted by Crippen LogP contribution is 2.45. The molecule has 1 amide bonds. The molecule has 0 atom stereocenters. The number of halogens is 1. The summed E-state index contributed by atoms with van der Waals surface area (Å²) in [5.41, 5.74) is 10.5. The van der Waals surface area contributed by atoms with Crippen LogP contribution in [0.3, 0.4) is 0 Å². The van der Waals surface area contributed by atoms with E-state index in [-0.39, 0.29) is 5.91 Å². The first kappa shape index (κ1) is 23.8. The van der Waals surface area contributed by atoms with E-state index >= 15 is 0 Å². The Morgan fingerprint density at radius 1 is 1.14 bits per heavy atom. The van der Waals surface area contributed by atoms with Gasteiger partial charge in [0.2, 0.25) is 11.9 Å². The maximum atomic E-state index is 11.8. The first-order chi connectivity index (χ1) is 16.9. The lowest BCUT2D eigenvalue weighted by atomic mass is 10.0. The third-order valence-electron chi connectivity index (χ3n) is 5.35. The number of anilines is 4. The summed E-state index contributed by atoms with van der Waals surface area (Å²) in [7, 11) is 3.04. The number of carbonyl (C=O) groups is 1. The van der Waals surface area contributed by atoms with Crippen LogP contribution < -0.4 is 25.8 Å². The summed E-state index contributed by atoms with van der Waals surface area (Å²) in [6, 6.07) is 9.00. The number of nitrogens with two attached hydrogens (primary N) is 1. The predicted molar refractivity (Wildman–Crippen MR) is 139 cm³/mol. The van der Waals surface area contributed by atoms with E-state index in [1.807, 2.05) is 25.1 Å². The molecule has 0 unspecified atom stereocenters. The predicted octanol–water partition coefficient (Wildman–Crippen LogP) is 5.12. The van der Waals surface area contributed by atoms with Crippen molar-refractivity contribution < 1.29 is 14.3 Å². The Labute approximate surface area is 207 Å². The van der Waals surface area contributed by atoms with Gasteiger partial charge in [-0.2, -0.15) is 4.98 Å². The largest absolute Gasteiger partial charge is 0.495 e. The molecule has 35 heavy (non-hydrogen) atoms. The van der Waals surface area contributed by atoms with E-state index < -0.39 is 0 Å². The number of nitrogens with zero attached hydrogens (tertiary/aromatic N) is 3. The minimum absolute atomic E-state index is 0.320. The molecule has 178 valence electrons. The molecule has 0 aliphatic carbocycles. The molecule has 0 aliphatic rings. The summed E-state index contributed by atoms with van der Waals surface area (Å²) >= 11 is 6.55. The second-order valence-electron chi connectivity index (χ2n) is 7.53. The van der Waals surface area contributed by atoms with E-state index in [2.05, 4.69) is 32.2 Å². The third kappa shape index (κ3) is 4.67. The average molecular weight is 491 g/mol. The molecule has 0 fully saturated rings. The quantitative estimate of drug-likeness (QED) is 0.241. The van der Waals surface area contributed by atoms with Gasteiger partial charge in [-0.3, -0.25) is 4.79 Å². The fourth-order valence-corrected chi connectivity index (χ4v) is 3.92. The van der Waals surface area contributed by atoms with Crippen LogP contribution in [-0.2, 0) is 4.79 Å². The van der Waals surface area contributed by atoms with Crippen molar-refractivity contribution in [1.82, 2.24) is 15.0 Å². The SMILES string of the molecule is C=CC(=O)Nc1cccc(C)c1Nc1ncc2cc(-c3c(N)c(OC)cc(OC)c3Cl)cnc2n1. The molecule has 9 nitrogen and oxygen atoms in total. The van der Waals surface area contributed by atoms with Gasteiger partial charge in [0.15, 0.2) is 5.65 Å². The number of pyridine rings is 1. The van der Waals surface area contributed by atoms with Crippen LogP contribution in [0.5, 0.6) is 11.5 Å². The topological polar surface area (TPSA) is 124 Å². The number of benzene rings is 2. The first-order valence-electron chi connectivity index (χ1n) is 10.5. The maximum Gasteiger partial charge on any atom is 0.247 e. The molecule has 4 aromatic rings. The van der Waals surface area contributed by atoms with E-state index in [9.17, 15) is 4.79 Å². The molecule has 4 N–H and O–H groups in total. The number of hydrogen-bond donors (Lipinski definition) is 3. The van der Waals surface area contributed by atoms with Gasteiger partial charge in [0.1, 0.15) is 11.5 Å². The van der Waals surface area contributed by atoms with Crippen LogP contribution in [0.2, 0.25) is 5.02 Å². The molecule has 0 bridgehead atoms. The average Bonchev–Trinajstić information content (AvgIpc) is 2.86. The van der Waals surface area contributed by atoms with E-state index in [1.54, 1.807) is 24.5 Å². The van der Waals surface area contributed by atoms with Crippen molar-refractivity contribution in [3.63, 3.8) is 0 Å². The number of aryl methyl sites for hydroxylation is 1. The van der Waals surface area contributed by atoms with Crippen LogP contribution in [0.25, 0.3) is 22.2 Å². The number of aromatic nitrogens is 3. The van der Waals surface area contributed by atoms with Crippen LogP contribution in [0.15, 0.2) is 55.4 Å². The number of hydrogen-bond acceptors (Lipinski definition) is 8. The Balaban J connectivity index is 1.72. The Morgan fingerprint density at radius 2 is 1.91 bits per heavy atom. The van der Waals surface area contributed by atoms with Crippen molar-refractivity contribution in [1.29, 1.82) is 0 Å². The van der Waals surface area contributed by atoms with Gasteiger partial charge in [-0.25, -0.2) is 9.97 Å². The highest BCUT2D eigenvalue weighted by molar-refractivity contribution is 6.35. The smallest absolute Gasteiger partial charge is 0.247 e. The second kappa shape index (κ2) is 9.86. The summed E-state index contributed by atoms with van der Waals surface area (Å²) in [5, 5.41) is 6.97. The summed E-state index contributed by atoms with van der Waals surface area (Å²) in [6.45, 7) is 5.40. The van der Waals surface area contributed by atoms with Crippen LogP contribution in [0.1, 0.15) is 5.56 Å². The van der Waals surface area contributed by atoms with Gasteiger partial charge in [-0.1, -0.05) is 30.3 Å². The van der Waals surface area contributed by atoms with E-state index in [0.717, 1.165) is 5.56 Å². The van der Waals surface area contributed by atoms with Gasteiger partial charge in [-0.05, 0) is 30.7 Å². The first-order valence-corrected chi connectivity index (χ1v) is 10.9. The number of amides is 1. The summed E-state index contributed by atoms with van der Waals surface area (Å²) in [6.07, 6.45) is 4.47. The lowest BCUT2D eigenvalue weighted by molar-refractivity contribution is -0.111. The highest BCUT2D eigenvalue weighted by Gasteiger charge is 2.19. The zero-order valence-electron chi connectivity index (χ0n) is 19.3. The van der Waals surface area contributed by atoms with Crippen molar-refractivity contribution in [2.24, 2.45) is 0 Å². The number of fused-ring (bicyclic) bond motifs is 1. The number of para-hydroxylation sites is 1. The third-order valence-corrected chi connectivity index (χ3v) is 5.72. The summed E-state index contributed by atoms with van der Waals surface area (Å²) in [5.74, 6) is 0.872. The van der Waals surface area contributed by atoms with Gasteiger partial charge in [0.25, 0.3) is 0 Å². The van der Waals surface area contributed by atoms with Gasteiger partial charge in [-0.15, -0.1) is 0 Å². The summed E-state index contributed by atoms with van der Waals surface area (Å²) < 4.78 is 10.7. The molecule has 4 rings (SSSR count). The molecule has 0 saturated heterocycles. The number of nitrogen functional groups attached to an aromatic ring is 1. The molecule has 0 spiro atoms. The van der Waals surface area contributed by atoms with Crippen molar-refractivity contribution >= 4 is 51.6 Å². The van der Waals surface area contributed by atoms with Gasteiger partial charge >= 0.3 is 0 Å². The molecule has 0 saturated carbocycles. The number of carbonyl (C=O) groups excluding carboxylic acids is 1. The normalized spacial score (nSPS) is 10.6. The highest BCUT2D eigenvalue weighted by atomic mass is 35.5. The van der Waals surface area contributed by atoms with Crippen molar-refractivity contribution in [2.45, 2.75) is 6.92 Å². The Kier molecular flexibility index (Phi) is 6.70. The molecule has 0 aliphatic heterocycles. The Morgan fingerprint density at radius 3 is 2.63 bits per heavy atom. The van der Waals surface area contributed by atoms with Gasteiger partial charge < -0.3 is 25.8 Å². The van der Waals surface area contributed by atoms with E-state index in [0.29, 0.717) is 61.7 Å². The van der Waals surface area contributed by atoms with Crippen molar-refractivity contribution in [3.8, 4) is 22.6 Å². The number of rotatable bonds is 7. The van der Waals surface area contributed by atoms with E-state index in [4.69, 9.17) is 26.8 Å². The fourth-order valence-electron chi connectivity index (χ4n) is 3.58. The van der Waals surface area contributed by atoms with Crippen molar-refractivity contribution in [2.75, 3.05) is 30.6 Å². The lowest BCUT2D eigenvalue weighted by Crippen LogP contribution is -2.10. The zero-order chi connectivity index (χ0) is 25.1. The molecular formula is C25H23ClN6O3. The monoisotopic (exact) mass is 490 g/mol. The van der Waals surface area contributed by atoms with Crippen LogP contribution in [0, 0.1) is 6.92 Å². The number of methoxy groups -OCH3 is 2. The Hall–Kier alpha value is -4.37. The maximum absolute atomic E-state index is 11.8. The molecule has 2 heterocycles. The minimum atomic E-state index is -0.320. The Bertz CT molecular complexity index is 1430. The minimum Gasteiger partial charge on any atom is -0.495 e. The fraction of sp³-hybridized carbons (Fsp3) is 0.120. The zero-order valence-corrected chi connectivity index (χ0v) is 20.1. The molecular weight excluding hydrogens is 468 g/mol. The van der Waals surface area contributed by atoms with Crippen LogP contribution in [0.4, 0.5) is 23.0 Å². The molecule has 2 aromatic heterocycles. The van der Waals surface area contributed by atoms with Gasteiger partial charge in [0, 0.05) is 35.0 Å². The molecule has 2 aromatic carbocycles. The summed E-state index contributed by atoms with van der Waals surface area (Å²) in [4.78, 5) is 25.2. The van der Waals surface area contributed by atoms with E-state index in [1.165, 1.54) is 20.3 Å². The molecule has 10 heteroatoms. The second-order valence-corrected chi connectivity index (χ2v) is 7.91. The lowest BCUT2D eigenvalue weighted by Gasteiger charge is -2.16. The molecule has 0 radical (unpaired) electrons.